The van der Waals surface area contributed by atoms with Crippen LogP contribution in [0.15, 0.2) is 40.5 Å². The number of nitrogens with two attached hydrogens (primary N) is 1. The fraction of sp³-hybridized carbons (Fsp3) is 0.333. The van der Waals surface area contributed by atoms with E-state index in [9.17, 15) is 0 Å². The zero-order chi connectivity index (χ0) is 10.7. The van der Waals surface area contributed by atoms with Crippen LogP contribution in [-0.2, 0) is 0 Å². The molecule has 1 aliphatic heterocycles. The molecule has 0 fully saturated rings. The second-order valence-electron chi connectivity index (χ2n) is 3.75. The van der Waals surface area contributed by atoms with E-state index in [1.807, 2.05) is 18.2 Å². The third-order valence-corrected chi connectivity index (χ3v) is 2.69. The van der Waals surface area contributed by atoms with Gasteiger partial charge in [-0.2, -0.15) is 5.10 Å². The number of nitrogens with zero attached hydrogens (tertiary/aromatic N) is 2. The Morgan fingerprint density at radius 3 is 2.67 bits per heavy atom. The summed E-state index contributed by atoms with van der Waals surface area (Å²) < 4.78 is 0. The fourth-order valence-corrected chi connectivity index (χ4v) is 1.83. The van der Waals surface area contributed by atoms with Gasteiger partial charge in [-0.15, -0.1) is 5.10 Å². The van der Waals surface area contributed by atoms with Crippen molar-refractivity contribution in [3.63, 3.8) is 0 Å². The molecule has 0 aliphatic carbocycles. The number of amidine groups is 1. The third-order valence-electron chi connectivity index (χ3n) is 2.69. The van der Waals surface area contributed by atoms with E-state index in [2.05, 4.69) is 29.3 Å². The minimum absolute atomic E-state index is 0.407. The number of benzene rings is 1. The maximum Gasteiger partial charge on any atom is 0.123 e. The van der Waals surface area contributed by atoms with Gasteiger partial charge in [0.05, 0.1) is 5.71 Å². The van der Waals surface area contributed by atoms with E-state index in [0.29, 0.717) is 11.8 Å². The predicted molar refractivity (Wildman–Crippen MR) is 63.0 cm³/mol. The lowest BCUT2D eigenvalue weighted by atomic mass is 9.90. The van der Waals surface area contributed by atoms with Crippen molar-refractivity contribution in [1.82, 2.24) is 0 Å². The average molecular weight is 201 g/mol. The zero-order valence-electron chi connectivity index (χ0n) is 8.85. The number of hydrogen-bond acceptors (Lipinski definition) is 3. The van der Waals surface area contributed by atoms with Crippen LogP contribution in [0.4, 0.5) is 0 Å². The van der Waals surface area contributed by atoms with Crippen LogP contribution < -0.4 is 5.73 Å². The van der Waals surface area contributed by atoms with Gasteiger partial charge >= 0.3 is 0 Å². The van der Waals surface area contributed by atoms with Gasteiger partial charge in [-0.1, -0.05) is 37.3 Å². The maximum absolute atomic E-state index is 5.68. The standard InChI is InChI=1S/C12H15N3/c1-2-9-8-11(13)14-15-12(9)10-6-4-3-5-7-10/h3-7,9H,2,8H2,1H3,(H2,13,14). The van der Waals surface area contributed by atoms with Gasteiger partial charge in [-0.05, 0) is 12.0 Å². The Morgan fingerprint density at radius 1 is 1.27 bits per heavy atom. The summed E-state index contributed by atoms with van der Waals surface area (Å²) >= 11 is 0. The lowest BCUT2D eigenvalue weighted by molar-refractivity contribution is 0.677. The zero-order valence-corrected chi connectivity index (χ0v) is 8.85. The van der Waals surface area contributed by atoms with Crippen molar-refractivity contribution < 1.29 is 0 Å². The second-order valence-corrected chi connectivity index (χ2v) is 3.75. The molecule has 3 heteroatoms. The summed E-state index contributed by atoms with van der Waals surface area (Å²) in [4.78, 5) is 0. The molecular formula is C12H15N3. The first-order chi connectivity index (χ1) is 7.31. The van der Waals surface area contributed by atoms with Crippen molar-refractivity contribution in [3.8, 4) is 0 Å². The summed E-state index contributed by atoms with van der Waals surface area (Å²) in [6, 6.07) is 10.2. The van der Waals surface area contributed by atoms with Crippen LogP contribution in [0.25, 0.3) is 0 Å². The molecule has 78 valence electrons. The molecule has 15 heavy (non-hydrogen) atoms. The molecule has 2 N–H and O–H groups in total. The molecule has 0 aromatic heterocycles. The molecule has 1 unspecified atom stereocenters. The first kappa shape index (κ1) is 9.90. The van der Waals surface area contributed by atoms with E-state index in [0.717, 1.165) is 24.1 Å². The smallest absolute Gasteiger partial charge is 0.123 e. The Bertz CT molecular complexity index is 393. The van der Waals surface area contributed by atoms with Gasteiger partial charge in [0.15, 0.2) is 0 Å². The first-order valence-corrected chi connectivity index (χ1v) is 5.26. The second kappa shape index (κ2) is 4.26. The van der Waals surface area contributed by atoms with Crippen LogP contribution in [0, 0.1) is 5.92 Å². The van der Waals surface area contributed by atoms with Gasteiger partial charge < -0.3 is 5.73 Å². The third kappa shape index (κ3) is 2.06. The highest BCUT2D eigenvalue weighted by Crippen LogP contribution is 2.20. The Balaban J connectivity index is 2.35. The monoisotopic (exact) mass is 201 g/mol. The fourth-order valence-electron chi connectivity index (χ4n) is 1.83. The van der Waals surface area contributed by atoms with E-state index in [4.69, 9.17) is 5.73 Å². The van der Waals surface area contributed by atoms with E-state index in [1.165, 1.54) is 0 Å². The molecule has 0 radical (unpaired) electrons. The van der Waals surface area contributed by atoms with E-state index < -0.39 is 0 Å². The predicted octanol–water partition coefficient (Wildman–Crippen LogP) is 2.18. The molecule has 0 bridgehead atoms. The molecule has 0 amide bonds. The highest BCUT2D eigenvalue weighted by atomic mass is 15.2. The minimum Gasteiger partial charge on any atom is -0.386 e. The first-order valence-electron chi connectivity index (χ1n) is 5.26. The van der Waals surface area contributed by atoms with Gasteiger partial charge in [-0.3, -0.25) is 0 Å². The Morgan fingerprint density at radius 2 is 2.00 bits per heavy atom. The normalized spacial score (nSPS) is 20.7. The van der Waals surface area contributed by atoms with Crippen molar-refractivity contribution >= 4 is 11.5 Å². The summed E-state index contributed by atoms with van der Waals surface area (Å²) in [7, 11) is 0. The molecule has 1 aromatic carbocycles. The average Bonchev–Trinajstić information content (AvgIpc) is 2.30. The van der Waals surface area contributed by atoms with Crippen molar-refractivity contribution in [2.75, 3.05) is 0 Å². The van der Waals surface area contributed by atoms with Gasteiger partial charge in [0.25, 0.3) is 0 Å². The molecule has 1 aromatic rings. The van der Waals surface area contributed by atoms with Crippen molar-refractivity contribution in [1.29, 1.82) is 0 Å². The lowest BCUT2D eigenvalue weighted by Crippen LogP contribution is -2.26. The molecule has 3 nitrogen and oxygen atoms in total. The van der Waals surface area contributed by atoms with Gasteiger partial charge in [0.1, 0.15) is 5.84 Å². The van der Waals surface area contributed by atoms with Gasteiger partial charge in [-0.25, -0.2) is 0 Å². The van der Waals surface area contributed by atoms with E-state index >= 15 is 0 Å². The summed E-state index contributed by atoms with van der Waals surface area (Å²) in [6.45, 7) is 2.15. The molecule has 2 rings (SSSR count). The lowest BCUT2D eigenvalue weighted by Gasteiger charge is -2.19. The molecule has 0 saturated carbocycles. The SMILES string of the molecule is CCC1CC(N)=NN=C1c1ccccc1. The Kier molecular flexibility index (Phi) is 2.81. The highest BCUT2D eigenvalue weighted by molar-refractivity contribution is 6.05. The molecule has 1 atom stereocenters. The van der Waals surface area contributed by atoms with Crippen LogP contribution in [0.3, 0.4) is 0 Å². The van der Waals surface area contributed by atoms with Crippen molar-refractivity contribution in [3.05, 3.63) is 35.9 Å². The van der Waals surface area contributed by atoms with E-state index in [1.54, 1.807) is 0 Å². The van der Waals surface area contributed by atoms with Crippen LogP contribution in [0.5, 0.6) is 0 Å². The van der Waals surface area contributed by atoms with Gasteiger partial charge in [0, 0.05) is 12.3 Å². The summed E-state index contributed by atoms with van der Waals surface area (Å²) in [5.74, 6) is 1.05. The van der Waals surface area contributed by atoms with Crippen LogP contribution in [0.1, 0.15) is 25.3 Å². The number of rotatable bonds is 2. The summed E-state index contributed by atoms with van der Waals surface area (Å²) in [5, 5.41) is 8.18. The highest BCUT2D eigenvalue weighted by Gasteiger charge is 2.20. The number of hydrogen-bond donors (Lipinski definition) is 1. The Hall–Kier alpha value is -1.64. The molecule has 1 heterocycles. The molecule has 1 aliphatic rings. The maximum atomic E-state index is 5.68. The quantitative estimate of drug-likeness (QED) is 0.783. The summed E-state index contributed by atoms with van der Waals surface area (Å²) in [5.41, 5.74) is 7.90. The Labute approximate surface area is 89.7 Å². The largest absolute Gasteiger partial charge is 0.386 e. The summed E-state index contributed by atoms with van der Waals surface area (Å²) in [6.07, 6.45) is 1.87. The topological polar surface area (TPSA) is 50.7 Å². The van der Waals surface area contributed by atoms with Crippen LogP contribution >= 0.6 is 0 Å². The van der Waals surface area contributed by atoms with Gasteiger partial charge in [0.2, 0.25) is 0 Å². The molecule has 0 spiro atoms. The van der Waals surface area contributed by atoms with Crippen LogP contribution in [-0.4, -0.2) is 11.5 Å². The van der Waals surface area contributed by atoms with Crippen LogP contribution in [0.2, 0.25) is 0 Å². The molecule has 0 saturated heterocycles. The van der Waals surface area contributed by atoms with Crippen molar-refractivity contribution in [2.24, 2.45) is 21.9 Å². The molecular weight excluding hydrogens is 186 g/mol. The van der Waals surface area contributed by atoms with E-state index in [-0.39, 0.29) is 0 Å². The van der Waals surface area contributed by atoms with Crippen molar-refractivity contribution in [2.45, 2.75) is 19.8 Å². The minimum atomic E-state index is 0.407.